The summed E-state index contributed by atoms with van der Waals surface area (Å²) < 4.78 is 42.8. The number of ether oxygens (including phenoxy) is 2. The first kappa shape index (κ1) is 21.3. The summed E-state index contributed by atoms with van der Waals surface area (Å²) in [6, 6.07) is 11.0. The van der Waals surface area contributed by atoms with Gasteiger partial charge in [0, 0.05) is 11.8 Å². The van der Waals surface area contributed by atoms with Crippen molar-refractivity contribution in [3.8, 4) is 11.9 Å². The van der Waals surface area contributed by atoms with Crippen molar-refractivity contribution < 1.29 is 22.3 Å². The van der Waals surface area contributed by atoms with Crippen molar-refractivity contribution in [3.63, 3.8) is 0 Å². The molecular weight excluding hydrogens is 430 g/mol. The summed E-state index contributed by atoms with van der Waals surface area (Å²) in [4.78, 5) is 7.92. The van der Waals surface area contributed by atoms with Crippen LogP contribution in [0.15, 0.2) is 58.0 Å². The number of rotatable bonds is 8. The van der Waals surface area contributed by atoms with Gasteiger partial charge in [0.1, 0.15) is 5.76 Å². The van der Waals surface area contributed by atoms with Crippen molar-refractivity contribution in [2.24, 2.45) is 0 Å². The summed E-state index contributed by atoms with van der Waals surface area (Å²) in [6.07, 6.45) is 1.58. The summed E-state index contributed by atoms with van der Waals surface area (Å²) >= 11 is 5.22. The van der Waals surface area contributed by atoms with E-state index in [0.717, 1.165) is 5.76 Å². The normalized spacial score (nSPS) is 10.9. The standard InChI is InChI=1S/C18H19N5O5S2/c1-26-16-10-15(21-17(22-16)27-2)23-30(24,25)14-7-5-12(6-8-14)20-18(29)19-11-13-4-3-9-28-13/h3-10H,11H2,1-2H3,(H2,19,20,29)(H,21,22,23). The fourth-order valence-corrected chi connectivity index (χ4v) is 3.50. The van der Waals surface area contributed by atoms with Gasteiger partial charge in [0.2, 0.25) is 5.88 Å². The summed E-state index contributed by atoms with van der Waals surface area (Å²) in [5, 5.41) is 6.34. The number of hydrogen-bond donors (Lipinski definition) is 3. The maximum Gasteiger partial charge on any atom is 0.321 e. The second-order valence-electron chi connectivity index (χ2n) is 5.80. The number of methoxy groups -OCH3 is 2. The van der Waals surface area contributed by atoms with E-state index >= 15 is 0 Å². The van der Waals surface area contributed by atoms with Crippen molar-refractivity contribution in [2.45, 2.75) is 11.4 Å². The molecule has 0 aliphatic heterocycles. The van der Waals surface area contributed by atoms with Crippen LogP contribution in [0.5, 0.6) is 11.9 Å². The van der Waals surface area contributed by atoms with Crippen LogP contribution in [0.3, 0.4) is 0 Å². The molecule has 0 radical (unpaired) electrons. The lowest BCUT2D eigenvalue weighted by Crippen LogP contribution is -2.27. The Morgan fingerprint density at radius 3 is 2.53 bits per heavy atom. The Morgan fingerprint density at radius 2 is 1.90 bits per heavy atom. The third kappa shape index (κ3) is 5.58. The molecule has 0 saturated carbocycles. The first-order valence-corrected chi connectivity index (χ1v) is 10.5. The number of nitrogens with zero attached hydrogens (tertiary/aromatic N) is 2. The van der Waals surface area contributed by atoms with Gasteiger partial charge in [0.15, 0.2) is 10.9 Å². The molecule has 0 atom stereocenters. The minimum absolute atomic E-state index is 0.0178. The SMILES string of the molecule is COc1cc(NS(=O)(=O)c2ccc(NC(=S)NCc3ccco3)cc2)nc(OC)n1. The van der Waals surface area contributed by atoms with E-state index in [4.69, 9.17) is 26.1 Å². The fraction of sp³-hybridized carbons (Fsp3) is 0.167. The van der Waals surface area contributed by atoms with Gasteiger partial charge in [-0.3, -0.25) is 4.72 Å². The van der Waals surface area contributed by atoms with Gasteiger partial charge in [0.25, 0.3) is 10.0 Å². The quantitative estimate of drug-likeness (QED) is 0.441. The molecule has 2 aromatic heterocycles. The van der Waals surface area contributed by atoms with Crippen LogP contribution in [-0.4, -0.2) is 37.7 Å². The minimum Gasteiger partial charge on any atom is -0.481 e. The van der Waals surface area contributed by atoms with Crippen LogP contribution in [-0.2, 0) is 16.6 Å². The Morgan fingerprint density at radius 1 is 1.13 bits per heavy atom. The average molecular weight is 450 g/mol. The predicted octanol–water partition coefficient (Wildman–Crippen LogP) is 2.37. The van der Waals surface area contributed by atoms with E-state index in [-0.39, 0.29) is 22.6 Å². The lowest BCUT2D eigenvalue weighted by molar-refractivity contribution is 0.353. The summed E-state index contributed by atoms with van der Waals surface area (Å²) in [5.74, 6) is 0.920. The Kier molecular flexibility index (Phi) is 6.69. The number of hydrogen-bond acceptors (Lipinski definition) is 8. The van der Waals surface area contributed by atoms with E-state index in [1.165, 1.54) is 32.4 Å². The molecule has 1 aromatic carbocycles. The molecule has 0 unspecified atom stereocenters. The predicted molar refractivity (Wildman–Crippen MR) is 114 cm³/mol. The van der Waals surface area contributed by atoms with Crippen molar-refractivity contribution in [2.75, 3.05) is 24.3 Å². The zero-order valence-electron chi connectivity index (χ0n) is 16.1. The van der Waals surface area contributed by atoms with Gasteiger partial charge in [-0.1, -0.05) is 0 Å². The highest BCUT2D eigenvalue weighted by Crippen LogP contribution is 2.21. The molecule has 0 aliphatic carbocycles. The molecule has 158 valence electrons. The number of thiocarbonyl (C=S) groups is 1. The van der Waals surface area contributed by atoms with Gasteiger partial charge < -0.3 is 24.5 Å². The lowest BCUT2D eigenvalue weighted by Gasteiger charge is -2.11. The van der Waals surface area contributed by atoms with Crippen molar-refractivity contribution in [3.05, 3.63) is 54.5 Å². The minimum atomic E-state index is -3.89. The summed E-state index contributed by atoms with van der Waals surface area (Å²) in [7, 11) is -1.12. The zero-order chi connectivity index (χ0) is 21.6. The molecule has 10 nitrogen and oxygen atoms in total. The molecular formula is C18H19N5O5S2. The van der Waals surface area contributed by atoms with Crippen LogP contribution in [0.4, 0.5) is 11.5 Å². The molecule has 12 heteroatoms. The third-order valence-electron chi connectivity index (χ3n) is 3.74. The Labute approximate surface area is 178 Å². The van der Waals surface area contributed by atoms with E-state index in [2.05, 4.69) is 25.3 Å². The van der Waals surface area contributed by atoms with Crippen LogP contribution in [0.25, 0.3) is 0 Å². The lowest BCUT2D eigenvalue weighted by atomic mass is 10.3. The Bertz CT molecular complexity index is 1080. The van der Waals surface area contributed by atoms with Crippen LogP contribution in [0.1, 0.15) is 5.76 Å². The molecule has 0 saturated heterocycles. The number of aromatic nitrogens is 2. The Hall–Kier alpha value is -3.38. The van der Waals surface area contributed by atoms with Crippen molar-refractivity contribution >= 4 is 38.9 Å². The molecule has 0 spiro atoms. The van der Waals surface area contributed by atoms with E-state index in [1.54, 1.807) is 24.5 Å². The number of sulfonamides is 1. The van der Waals surface area contributed by atoms with Gasteiger partial charge >= 0.3 is 6.01 Å². The number of nitrogens with one attached hydrogen (secondary N) is 3. The second kappa shape index (κ2) is 9.41. The molecule has 2 heterocycles. The van der Waals surface area contributed by atoms with E-state index in [1.807, 2.05) is 6.07 Å². The first-order chi connectivity index (χ1) is 14.4. The molecule has 30 heavy (non-hydrogen) atoms. The molecule has 3 rings (SSSR count). The van der Waals surface area contributed by atoms with Crippen LogP contribution in [0.2, 0.25) is 0 Å². The zero-order valence-corrected chi connectivity index (χ0v) is 17.7. The topological polar surface area (TPSA) is 128 Å². The molecule has 3 N–H and O–H groups in total. The van der Waals surface area contributed by atoms with E-state index in [9.17, 15) is 8.42 Å². The van der Waals surface area contributed by atoms with Crippen molar-refractivity contribution in [1.82, 2.24) is 15.3 Å². The fourth-order valence-electron chi connectivity index (χ4n) is 2.32. The van der Waals surface area contributed by atoms with Crippen LogP contribution >= 0.6 is 12.2 Å². The van der Waals surface area contributed by atoms with Gasteiger partial charge in [-0.15, -0.1) is 0 Å². The maximum absolute atomic E-state index is 12.6. The van der Waals surface area contributed by atoms with Gasteiger partial charge in [-0.2, -0.15) is 9.97 Å². The summed E-state index contributed by atoms with van der Waals surface area (Å²) in [5.41, 5.74) is 0.622. The highest BCUT2D eigenvalue weighted by Gasteiger charge is 2.17. The molecule has 0 aliphatic rings. The monoisotopic (exact) mass is 449 g/mol. The summed E-state index contributed by atoms with van der Waals surface area (Å²) in [6.45, 7) is 0.432. The van der Waals surface area contributed by atoms with Crippen molar-refractivity contribution in [1.29, 1.82) is 0 Å². The second-order valence-corrected chi connectivity index (χ2v) is 7.89. The molecule has 3 aromatic rings. The molecule has 0 amide bonds. The molecule has 0 fully saturated rings. The molecule has 0 bridgehead atoms. The Balaban J connectivity index is 1.65. The number of anilines is 2. The number of benzene rings is 1. The van der Waals surface area contributed by atoms with Gasteiger partial charge in [-0.05, 0) is 48.6 Å². The first-order valence-electron chi connectivity index (χ1n) is 8.57. The maximum atomic E-state index is 12.6. The van der Waals surface area contributed by atoms with E-state index in [0.29, 0.717) is 17.3 Å². The van der Waals surface area contributed by atoms with Crippen LogP contribution < -0.4 is 24.8 Å². The third-order valence-corrected chi connectivity index (χ3v) is 5.36. The largest absolute Gasteiger partial charge is 0.481 e. The van der Waals surface area contributed by atoms with E-state index < -0.39 is 10.0 Å². The average Bonchev–Trinajstić information content (AvgIpc) is 3.25. The highest BCUT2D eigenvalue weighted by molar-refractivity contribution is 7.92. The van der Waals surface area contributed by atoms with Gasteiger partial charge in [0.05, 0.1) is 31.9 Å². The number of furan rings is 1. The van der Waals surface area contributed by atoms with Crippen LogP contribution in [0, 0.1) is 0 Å². The highest BCUT2D eigenvalue weighted by atomic mass is 32.2. The van der Waals surface area contributed by atoms with Gasteiger partial charge in [-0.25, -0.2) is 8.42 Å². The smallest absolute Gasteiger partial charge is 0.321 e.